The van der Waals surface area contributed by atoms with Crippen LogP contribution in [0.2, 0.25) is 0 Å². The number of aryl methyl sites for hydroxylation is 1. The Morgan fingerprint density at radius 2 is 1.44 bits per heavy atom. The van der Waals surface area contributed by atoms with Crippen LogP contribution in [0.3, 0.4) is 0 Å². The van der Waals surface area contributed by atoms with Crippen LogP contribution >= 0.6 is 11.8 Å². The largest absolute Gasteiger partial charge is 0.497 e. The average molecular weight is 380 g/mol. The van der Waals surface area contributed by atoms with Gasteiger partial charge in [-0.15, -0.1) is 20.4 Å². The number of thioether (sulfide) groups is 1. The summed E-state index contributed by atoms with van der Waals surface area (Å²) < 4.78 is 16.5. The monoisotopic (exact) mass is 380 g/mol. The lowest BCUT2D eigenvalue weighted by Crippen LogP contribution is -1.82. The standard InChI is InChI=1S/C19H16N4O3S/c1-12-3-5-13(6-4-12)18-22-23-19(26-18)27-11-16-20-21-17(25-16)14-7-9-15(24-2)10-8-14/h3-10H,11H2,1-2H3. The molecule has 0 radical (unpaired) electrons. The van der Waals surface area contributed by atoms with Crippen LogP contribution in [0.4, 0.5) is 0 Å². The normalized spacial score (nSPS) is 10.9. The fourth-order valence-corrected chi connectivity index (χ4v) is 2.97. The average Bonchev–Trinajstić information content (AvgIpc) is 3.37. The van der Waals surface area contributed by atoms with E-state index in [1.54, 1.807) is 7.11 Å². The fourth-order valence-electron chi connectivity index (χ4n) is 2.37. The summed E-state index contributed by atoms with van der Waals surface area (Å²) in [4.78, 5) is 0. The lowest BCUT2D eigenvalue weighted by Gasteiger charge is -1.99. The summed E-state index contributed by atoms with van der Waals surface area (Å²) >= 11 is 1.35. The van der Waals surface area contributed by atoms with E-state index < -0.39 is 0 Å². The van der Waals surface area contributed by atoms with Gasteiger partial charge in [-0.2, -0.15) is 0 Å². The Morgan fingerprint density at radius 1 is 0.815 bits per heavy atom. The van der Waals surface area contributed by atoms with Crippen LogP contribution in [-0.4, -0.2) is 27.5 Å². The third-order valence-corrected chi connectivity index (χ3v) is 4.63. The zero-order valence-electron chi connectivity index (χ0n) is 14.7. The Bertz CT molecular complexity index is 1030. The number of ether oxygens (including phenoxy) is 1. The molecule has 0 saturated carbocycles. The molecule has 2 aromatic heterocycles. The van der Waals surface area contributed by atoms with Gasteiger partial charge in [0, 0.05) is 11.1 Å². The minimum atomic E-state index is 0.443. The summed E-state index contributed by atoms with van der Waals surface area (Å²) in [7, 11) is 1.62. The molecule has 0 unspecified atom stereocenters. The molecule has 0 fully saturated rings. The van der Waals surface area contributed by atoms with Crippen LogP contribution in [0.15, 0.2) is 62.6 Å². The molecule has 2 aromatic carbocycles. The molecule has 7 nitrogen and oxygen atoms in total. The van der Waals surface area contributed by atoms with E-state index in [-0.39, 0.29) is 0 Å². The van der Waals surface area contributed by atoms with Gasteiger partial charge in [0.25, 0.3) is 5.22 Å². The van der Waals surface area contributed by atoms with Gasteiger partial charge in [-0.05, 0) is 43.3 Å². The number of hydrogen-bond acceptors (Lipinski definition) is 8. The predicted molar refractivity (Wildman–Crippen MR) is 100 cm³/mol. The molecule has 8 heteroatoms. The van der Waals surface area contributed by atoms with Crippen molar-refractivity contribution in [2.45, 2.75) is 17.9 Å². The van der Waals surface area contributed by atoms with Crippen molar-refractivity contribution in [2.24, 2.45) is 0 Å². The molecule has 0 aliphatic rings. The van der Waals surface area contributed by atoms with Crippen molar-refractivity contribution in [1.82, 2.24) is 20.4 Å². The second kappa shape index (κ2) is 7.63. The van der Waals surface area contributed by atoms with E-state index in [0.717, 1.165) is 16.9 Å². The van der Waals surface area contributed by atoms with Crippen molar-refractivity contribution >= 4 is 11.8 Å². The van der Waals surface area contributed by atoms with E-state index >= 15 is 0 Å². The van der Waals surface area contributed by atoms with E-state index in [9.17, 15) is 0 Å². The van der Waals surface area contributed by atoms with Crippen LogP contribution in [0.1, 0.15) is 11.5 Å². The second-order valence-corrected chi connectivity index (χ2v) is 6.68. The van der Waals surface area contributed by atoms with Crippen molar-refractivity contribution in [3.63, 3.8) is 0 Å². The molecule has 0 aliphatic carbocycles. The van der Waals surface area contributed by atoms with Crippen LogP contribution in [0, 0.1) is 6.92 Å². The molecule has 4 aromatic rings. The maximum atomic E-state index is 5.70. The number of nitrogens with zero attached hydrogens (tertiary/aromatic N) is 4. The van der Waals surface area contributed by atoms with Crippen LogP contribution in [0.5, 0.6) is 5.75 Å². The summed E-state index contributed by atoms with van der Waals surface area (Å²) in [6.45, 7) is 2.03. The van der Waals surface area contributed by atoms with Gasteiger partial charge < -0.3 is 13.6 Å². The van der Waals surface area contributed by atoms with Crippen molar-refractivity contribution in [1.29, 1.82) is 0 Å². The van der Waals surface area contributed by atoms with E-state index in [4.69, 9.17) is 13.6 Å². The number of aromatic nitrogens is 4. The molecule has 4 rings (SSSR count). The zero-order valence-corrected chi connectivity index (χ0v) is 15.6. The highest BCUT2D eigenvalue weighted by Crippen LogP contribution is 2.27. The van der Waals surface area contributed by atoms with Gasteiger partial charge in [-0.1, -0.05) is 29.5 Å². The first kappa shape index (κ1) is 17.3. The summed E-state index contributed by atoms with van der Waals surface area (Å²) in [5.41, 5.74) is 2.90. The fraction of sp³-hybridized carbons (Fsp3) is 0.158. The molecule has 0 atom stereocenters. The van der Waals surface area contributed by atoms with Gasteiger partial charge in [-0.25, -0.2) is 0 Å². The number of hydrogen-bond donors (Lipinski definition) is 0. The molecule has 0 bridgehead atoms. The summed E-state index contributed by atoms with van der Waals surface area (Å²) in [5, 5.41) is 16.7. The third-order valence-electron chi connectivity index (χ3n) is 3.83. The number of rotatable bonds is 6. The number of benzene rings is 2. The minimum absolute atomic E-state index is 0.443. The predicted octanol–water partition coefficient (Wildman–Crippen LogP) is 4.40. The molecule has 0 spiro atoms. The molecular formula is C19H16N4O3S. The van der Waals surface area contributed by atoms with Crippen molar-refractivity contribution in [3.05, 3.63) is 60.0 Å². The van der Waals surface area contributed by atoms with Crippen molar-refractivity contribution < 1.29 is 13.6 Å². The van der Waals surface area contributed by atoms with E-state index in [1.165, 1.54) is 17.3 Å². The van der Waals surface area contributed by atoms with Crippen LogP contribution < -0.4 is 4.74 Å². The highest BCUT2D eigenvalue weighted by molar-refractivity contribution is 7.98. The van der Waals surface area contributed by atoms with Crippen molar-refractivity contribution in [2.75, 3.05) is 7.11 Å². The molecule has 0 N–H and O–H groups in total. The van der Waals surface area contributed by atoms with E-state index in [0.29, 0.717) is 28.6 Å². The molecule has 2 heterocycles. The van der Waals surface area contributed by atoms with Gasteiger partial charge in [0.15, 0.2) is 0 Å². The molecule has 27 heavy (non-hydrogen) atoms. The Morgan fingerprint density at radius 3 is 2.15 bits per heavy atom. The molecule has 0 saturated heterocycles. The van der Waals surface area contributed by atoms with Crippen molar-refractivity contribution in [3.8, 4) is 28.7 Å². The van der Waals surface area contributed by atoms with Gasteiger partial charge in [-0.3, -0.25) is 0 Å². The Hall–Kier alpha value is -3.13. The second-order valence-electron chi connectivity index (χ2n) is 5.76. The molecule has 136 valence electrons. The minimum Gasteiger partial charge on any atom is -0.497 e. The zero-order chi connectivity index (χ0) is 18.6. The van der Waals surface area contributed by atoms with Gasteiger partial charge in [0.1, 0.15) is 5.75 Å². The molecule has 0 amide bonds. The van der Waals surface area contributed by atoms with Crippen LogP contribution in [-0.2, 0) is 5.75 Å². The molecule has 0 aliphatic heterocycles. The highest BCUT2D eigenvalue weighted by Gasteiger charge is 2.13. The summed E-state index contributed by atoms with van der Waals surface area (Å²) in [6, 6.07) is 15.4. The topological polar surface area (TPSA) is 87.1 Å². The first-order valence-electron chi connectivity index (χ1n) is 8.21. The highest BCUT2D eigenvalue weighted by atomic mass is 32.2. The summed E-state index contributed by atoms with van der Waals surface area (Å²) in [5.74, 6) is 2.65. The van der Waals surface area contributed by atoms with Gasteiger partial charge in [0.2, 0.25) is 17.7 Å². The van der Waals surface area contributed by atoms with Gasteiger partial charge >= 0.3 is 0 Å². The maximum Gasteiger partial charge on any atom is 0.277 e. The Labute approximate surface area is 159 Å². The van der Waals surface area contributed by atoms with E-state index in [1.807, 2.05) is 55.5 Å². The lowest BCUT2D eigenvalue weighted by molar-refractivity contribution is 0.415. The molecular weight excluding hydrogens is 364 g/mol. The Kier molecular flexibility index (Phi) is 4.88. The first-order valence-corrected chi connectivity index (χ1v) is 9.20. The SMILES string of the molecule is COc1ccc(-c2nnc(CSc3nnc(-c4ccc(C)cc4)o3)o2)cc1. The Balaban J connectivity index is 1.40. The maximum absolute atomic E-state index is 5.70. The van der Waals surface area contributed by atoms with E-state index in [2.05, 4.69) is 20.4 Å². The third kappa shape index (κ3) is 4.01. The lowest BCUT2D eigenvalue weighted by atomic mass is 10.1. The smallest absolute Gasteiger partial charge is 0.277 e. The van der Waals surface area contributed by atoms with Crippen LogP contribution in [0.25, 0.3) is 22.9 Å². The first-order chi connectivity index (χ1) is 13.2. The number of methoxy groups -OCH3 is 1. The quantitative estimate of drug-likeness (QED) is 0.455. The van der Waals surface area contributed by atoms with Gasteiger partial charge in [0.05, 0.1) is 12.9 Å². The summed E-state index contributed by atoms with van der Waals surface area (Å²) in [6.07, 6.45) is 0.